The van der Waals surface area contributed by atoms with Gasteiger partial charge in [-0.1, -0.05) is 0 Å². The summed E-state index contributed by atoms with van der Waals surface area (Å²) in [7, 11) is 0. The molecule has 3 atom stereocenters. The fraction of sp³-hybridized carbons (Fsp3) is 0.553. The lowest BCUT2D eigenvalue weighted by Crippen LogP contribution is -2.48. The number of aromatic nitrogens is 2. The minimum Gasteiger partial charge on any atom is -0.448 e. The zero-order chi connectivity index (χ0) is 37.4. The Kier molecular flexibility index (Phi) is 11.2. The maximum Gasteiger partial charge on any atom is 0.389 e. The number of anilines is 1. The third-order valence-electron chi connectivity index (χ3n) is 10.3. The molecule has 6 rings (SSSR count). The van der Waals surface area contributed by atoms with Crippen LogP contribution in [0.15, 0.2) is 40.2 Å². The van der Waals surface area contributed by atoms with Crippen molar-refractivity contribution in [3.05, 3.63) is 63.2 Å². The number of carbonyl (C=O) groups excluding carboxylic acids is 1. The highest BCUT2D eigenvalue weighted by atomic mass is 32.2. The van der Waals surface area contributed by atoms with Crippen LogP contribution in [0.1, 0.15) is 73.6 Å². The number of aromatic amines is 1. The first kappa shape index (κ1) is 38.0. The number of nitrogens with one attached hydrogen (secondary N) is 2. The molecule has 5 heterocycles. The van der Waals surface area contributed by atoms with Crippen LogP contribution in [0, 0.1) is 19.8 Å². The summed E-state index contributed by atoms with van der Waals surface area (Å²) in [5, 5.41) is 2.96. The van der Waals surface area contributed by atoms with Gasteiger partial charge in [-0.25, -0.2) is 4.98 Å². The number of likely N-dealkylation sites (tertiary alicyclic amines) is 1. The van der Waals surface area contributed by atoms with Gasteiger partial charge in [0.05, 0.1) is 12.2 Å². The van der Waals surface area contributed by atoms with Gasteiger partial charge in [-0.05, 0) is 97.1 Å². The molecule has 10 nitrogen and oxygen atoms in total. The smallest absolute Gasteiger partial charge is 0.389 e. The SMILES string of the molecule is CSc1cc(C)[nH]c(=O)c1CNC(=O)c1cc(-c2ccc(N3C[C@@H](C)O[C@@H](C)C3)nc2)c2c(c1C)O[C@@](C)(C1CCN(CCCC(F)(F)F)CC1)O2. The van der Waals surface area contributed by atoms with Crippen molar-refractivity contribution in [3.63, 3.8) is 0 Å². The van der Waals surface area contributed by atoms with Gasteiger partial charge in [0.2, 0.25) is 0 Å². The number of pyridine rings is 2. The molecule has 1 aromatic carbocycles. The molecule has 14 heteroatoms. The van der Waals surface area contributed by atoms with E-state index in [1.165, 1.54) is 11.8 Å². The number of H-pyrrole nitrogens is 1. The number of carbonyl (C=O) groups is 1. The molecular weight excluding hydrogens is 696 g/mol. The van der Waals surface area contributed by atoms with E-state index in [1.807, 2.05) is 59.1 Å². The third kappa shape index (κ3) is 8.39. The van der Waals surface area contributed by atoms with Crippen LogP contribution in [0.4, 0.5) is 19.0 Å². The van der Waals surface area contributed by atoms with Gasteiger partial charge in [0.15, 0.2) is 11.5 Å². The summed E-state index contributed by atoms with van der Waals surface area (Å²) in [5.41, 5.74) is 3.37. The standard InChI is InChI=1S/C38H48F3N5O5S/c1-22-16-31(52-6)30(36(48)44-22)19-43-35(47)28-17-29(26-8-9-32(42-18-26)46-20-23(2)49-24(3)21-46)34-33(25(28)4)50-37(5,51-34)27-10-14-45(15-11-27)13-7-12-38(39,40)41/h8-9,16-18,23-24,27H,7,10-15,19-21H2,1-6H3,(H,43,47)(H,44,48)/t23-,24+,37-/m1/s1. The van der Waals surface area contributed by atoms with Crippen LogP contribution in [0.25, 0.3) is 11.1 Å². The molecule has 2 fully saturated rings. The van der Waals surface area contributed by atoms with Crippen molar-refractivity contribution in [2.75, 3.05) is 43.9 Å². The van der Waals surface area contributed by atoms with Crippen LogP contribution in [-0.4, -0.2) is 83.9 Å². The second-order valence-electron chi connectivity index (χ2n) is 14.4. The van der Waals surface area contributed by atoms with Crippen LogP contribution >= 0.6 is 11.8 Å². The molecule has 0 radical (unpaired) electrons. The van der Waals surface area contributed by atoms with Crippen molar-refractivity contribution in [2.24, 2.45) is 5.92 Å². The van der Waals surface area contributed by atoms with Gasteiger partial charge >= 0.3 is 6.18 Å². The number of amides is 1. The summed E-state index contributed by atoms with van der Waals surface area (Å²) < 4.78 is 57.5. The zero-order valence-corrected chi connectivity index (χ0v) is 31.4. The normalized spacial score (nSPS) is 22.5. The highest BCUT2D eigenvalue weighted by Crippen LogP contribution is 2.52. The number of ether oxygens (including phenoxy) is 3. The Morgan fingerprint density at radius 3 is 2.42 bits per heavy atom. The third-order valence-corrected chi connectivity index (χ3v) is 11.1. The molecule has 0 bridgehead atoms. The Hall–Kier alpha value is -3.75. The van der Waals surface area contributed by atoms with Gasteiger partial charge in [0.1, 0.15) is 5.82 Å². The molecule has 0 saturated carbocycles. The number of fused-ring (bicyclic) bond motifs is 1. The molecular formula is C38H48F3N5O5S. The molecule has 282 valence electrons. The average molecular weight is 744 g/mol. The lowest BCUT2D eigenvalue weighted by molar-refractivity contribution is -0.137. The van der Waals surface area contributed by atoms with Crippen LogP contribution in [-0.2, 0) is 11.3 Å². The maximum absolute atomic E-state index is 13.9. The van der Waals surface area contributed by atoms with Gasteiger partial charge in [0.25, 0.3) is 17.3 Å². The number of nitrogens with zero attached hydrogens (tertiary/aromatic N) is 3. The van der Waals surface area contributed by atoms with Crippen LogP contribution in [0.2, 0.25) is 0 Å². The number of benzene rings is 1. The lowest BCUT2D eigenvalue weighted by atomic mass is 9.89. The number of rotatable bonds is 10. The Bertz CT molecular complexity index is 1820. The molecule has 3 aromatic rings. The summed E-state index contributed by atoms with van der Waals surface area (Å²) in [6.07, 6.45) is 0.328. The van der Waals surface area contributed by atoms with Crippen LogP contribution in [0.5, 0.6) is 11.5 Å². The average Bonchev–Trinajstić information content (AvgIpc) is 3.46. The van der Waals surface area contributed by atoms with E-state index in [0.29, 0.717) is 66.2 Å². The fourth-order valence-corrected chi connectivity index (χ4v) is 8.29. The number of hydrogen-bond acceptors (Lipinski definition) is 9. The van der Waals surface area contributed by atoms with Gasteiger partial charge in [0, 0.05) is 83.5 Å². The van der Waals surface area contributed by atoms with Gasteiger partial charge in [-0.2, -0.15) is 13.2 Å². The van der Waals surface area contributed by atoms with E-state index in [4.69, 9.17) is 19.2 Å². The minimum absolute atomic E-state index is 0.0349. The van der Waals surface area contributed by atoms with E-state index in [2.05, 4.69) is 20.1 Å². The highest BCUT2D eigenvalue weighted by Gasteiger charge is 2.47. The predicted octanol–water partition coefficient (Wildman–Crippen LogP) is 6.86. The Morgan fingerprint density at radius 1 is 1.10 bits per heavy atom. The fourth-order valence-electron chi connectivity index (χ4n) is 7.58. The number of hydrogen-bond donors (Lipinski definition) is 2. The van der Waals surface area contributed by atoms with Crippen LogP contribution in [0.3, 0.4) is 0 Å². The van der Waals surface area contributed by atoms with E-state index in [9.17, 15) is 22.8 Å². The molecule has 0 unspecified atom stereocenters. The van der Waals surface area contributed by atoms with Gasteiger partial charge < -0.3 is 34.3 Å². The topological polar surface area (TPSA) is 109 Å². The Labute approximate surface area is 306 Å². The minimum atomic E-state index is -4.15. The second kappa shape index (κ2) is 15.3. The molecule has 1 amide bonds. The molecule has 3 aliphatic heterocycles. The molecule has 52 heavy (non-hydrogen) atoms. The zero-order valence-electron chi connectivity index (χ0n) is 30.6. The van der Waals surface area contributed by atoms with Gasteiger partial charge in [-0.3, -0.25) is 9.59 Å². The van der Waals surface area contributed by atoms with E-state index in [0.717, 1.165) is 35.1 Å². The van der Waals surface area contributed by atoms with E-state index in [1.54, 1.807) is 12.3 Å². The number of aryl methyl sites for hydroxylation is 1. The van der Waals surface area contributed by atoms with Crippen LogP contribution < -0.4 is 25.2 Å². The quantitative estimate of drug-likeness (QED) is 0.216. The Morgan fingerprint density at radius 2 is 1.79 bits per heavy atom. The summed E-state index contributed by atoms with van der Waals surface area (Å²) >= 11 is 1.45. The van der Waals surface area contributed by atoms with Crippen molar-refractivity contribution >= 4 is 23.5 Å². The summed E-state index contributed by atoms with van der Waals surface area (Å²) in [6, 6.07) is 7.62. The number of piperidine rings is 1. The molecule has 2 N–H and O–H groups in total. The number of thioether (sulfide) groups is 1. The maximum atomic E-state index is 13.9. The van der Waals surface area contributed by atoms with E-state index in [-0.39, 0.29) is 42.6 Å². The van der Waals surface area contributed by atoms with E-state index < -0.39 is 18.4 Å². The Balaban J connectivity index is 1.28. The molecule has 3 aliphatic rings. The van der Waals surface area contributed by atoms with Crippen molar-refractivity contribution in [1.29, 1.82) is 0 Å². The molecule has 2 saturated heterocycles. The van der Waals surface area contributed by atoms with Crippen molar-refractivity contribution in [2.45, 2.75) is 95.9 Å². The summed E-state index contributed by atoms with van der Waals surface area (Å²) in [4.78, 5) is 39.4. The molecule has 0 aliphatic carbocycles. The lowest BCUT2D eigenvalue weighted by Gasteiger charge is -2.39. The van der Waals surface area contributed by atoms with Crippen molar-refractivity contribution in [3.8, 4) is 22.6 Å². The molecule has 0 spiro atoms. The predicted molar refractivity (Wildman–Crippen MR) is 195 cm³/mol. The molecule has 2 aromatic heterocycles. The van der Waals surface area contributed by atoms with E-state index >= 15 is 0 Å². The second-order valence-corrected chi connectivity index (χ2v) is 15.2. The van der Waals surface area contributed by atoms with Crippen molar-refractivity contribution in [1.82, 2.24) is 20.2 Å². The number of morpholine rings is 1. The first-order valence-corrected chi connectivity index (χ1v) is 19.1. The summed E-state index contributed by atoms with van der Waals surface area (Å²) in [5.74, 6) is 0.364. The van der Waals surface area contributed by atoms with Crippen molar-refractivity contribution < 1.29 is 32.2 Å². The number of halogens is 3. The van der Waals surface area contributed by atoms with Gasteiger partial charge in [-0.15, -0.1) is 11.8 Å². The monoisotopic (exact) mass is 743 g/mol. The summed E-state index contributed by atoms with van der Waals surface area (Å²) in [6.45, 7) is 12.8. The first-order valence-electron chi connectivity index (χ1n) is 17.9. The first-order chi connectivity index (χ1) is 24.6. The largest absolute Gasteiger partial charge is 0.448 e. The number of alkyl halides is 3. The highest BCUT2D eigenvalue weighted by molar-refractivity contribution is 7.98.